The Morgan fingerprint density at radius 3 is 1.15 bits per heavy atom. The molecule has 0 aliphatic heterocycles. The molecule has 62 heavy (non-hydrogen) atoms. The fraction of sp³-hybridized carbons (Fsp3) is 0.0370. The maximum Gasteiger partial charge on any atom is 0.0574 e. The first-order valence-corrected chi connectivity index (χ1v) is 20.5. The predicted molar refractivity (Wildman–Crippen MR) is 267 cm³/mol. The zero-order valence-corrected chi connectivity index (χ0v) is 34.7. The van der Waals surface area contributed by atoms with E-state index >= 15 is 0 Å². The summed E-state index contributed by atoms with van der Waals surface area (Å²) in [5.74, 6) is 13.4. The molecule has 0 radical (unpaired) electrons. The summed E-state index contributed by atoms with van der Waals surface area (Å²) in [5.41, 5.74) is 12.1. The number of hydrogen-bond donors (Lipinski definition) is 6. The van der Waals surface area contributed by atoms with Gasteiger partial charge in [-0.2, -0.15) is 0 Å². The second kappa shape index (κ2) is 18.5. The van der Waals surface area contributed by atoms with Crippen molar-refractivity contribution >= 4 is 67.5 Å². The van der Waals surface area contributed by atoms with Crippen molar-refractivity contribution in [1.29, 1.82) is 10.8 Å². The highest BCUT2D eigenvalue weighted by molar-refractivity contribution is 6.34. The molecule has 304 valence electrons. The molecular formula is C54H48N8. The number of allylic oxidation sites excluding steroid dienone is 4. The van der Waals surface area contributed by atoms with Gasteiger partial charge in [-0.25, -0.2) is 11.7 Å². The quantitative estimate of drug-likeness (QED) is 0.0281. The molecule has 0 aromatic heterocycles. The minimum absolute atomic E-state index is 0.853. The molecule has 8 aromatic rings. The van der Waals surface area contributed by atoms with Gasteiger partial charge in [-0.1, -0.05) is 109 Å². The molecule has 8 nitrogen and oxygen atoms in total. The highest BCUT2D eigenvalue weighted by atomic mass is 15.4. The number of hydrazine groups is 2. The summed E-state index contributed by atoms with van der Waals surface area (Å²) >= 11 is 0. The van der Waals surface area contributed by atoms with E-state index in [9.17, 15) is 0 Å². The molecule has 0 bridgehead atoms. The standard InChI is InChI=1S/C54H48N8/c1-3-33-61(57)43-25-27-45-47(35-43)51(37-13-7-5-8-14-37)53-50(40-19-23-42(24-20-40)60-32-12-30-56)46-28-26-44(62(58)34-4-2)36-48(46)52(38-15-9-6-10-16-38)54(53)49(45)39-17-21-41(22-18-39)59-31-11-29-55/h3-36,55-56,59-60H,57-58H2,1-2H3/b31-11-,32-12-,33-3-,34-4-,55-29?,56-30?. The van der Waals surface area contributed by atoms with Crippen LogP contribution in [0.3, 0.4) is 0 Å². The van der Waals surface area contributed by atoms with Crippen LogP contribution >= 0.6 is 0 Å². The van der Waals surface area contributed by atoms with Crippen molar-refractivity contribution < 1.29 is 0 Å². The SMILES string of the molecule is C/C=C\N(N)c1ccc2c(-c3ccc(N/C=C\C=N)cc3)c3c(-c4ccccc4)c4cc(N(N)/C=C\C)ccc4c(-c4ccc(N/C=C\C=N)cc4)c3c(-c3ccccc3)c2c1. The predicted octanol–water partition coefficient (Wildman–Crippen LogP) is 13.4. The Kier molecular flexibility index (Phi) is 12.1. The van der Waals surface area contributed by atoms with E-state index < -0.39 is 0 Å². The number of nitrogens with one attached hydrogen (secondary N) is 4. The summed E-state index contributed by atoms with van der Waals surface area (Å²) in [6.45, 7) is 3.92. The Morgan fingerprint density at radius 2 is 0.790 bits per heavy atom. The first-order chi connectivity index (χ1) is 30.4. The molecule has 8 N–H and O–H groups in total. The second-order valence-corrected chi connectivity index (χ2v) is 14.7. The van der Waals surface area contributed by atoms with Gasteiger partial charge in [-0.15, -0.1) is 0 Å². The number of nitrogens with zero attached hydrogens (tertiary/aromatic N) is 2. The number of nitrogens with two attached hydrogens (primary N) is 2. The lowest BCUT2D eigenvalue weighted by atomic mass is 9.77. The zero-order valence-electron chi connectivity index (χ0n) is 34.7. The fourth-order valence-electron chi connectivity index (χ4n) is 8.28. The van der Waals surface area contributed by atoms with Gasteiger partial charge in [-0.3, -0.25) is 10.0 Å². The van der Waals surface area contributed by atoms with Crippen LogP contribution in [0.25, 0.3) is 76.8 Å². The van der Waals surface area contributed by atoms with Gasteiger partial charge in [0, 0.05) is 48.6 Å². The van der Waals surface area contributed by atoms with Gasteiger partial charge in [0.1, 0.15) is 0 Å². The van der Waals surface area contributed by atoms with E-state index in [1.807, 2.05) is 38.4 Å². The van der Waals surface area contributed by atoms with Gasteiger partial charge in [0.15, 0.2) is 0 Å². The summed E-state index contributed by atoms with van der Waals surface area (Å²) in [4.78, 5) is 0. The smallest absolute Gasteiger partial charge is 0.0574 e. The van der Waals surface area contributed by atoms with E-state index in [-0.39, 0.29) is 0 Å². The molecule has 0 unspecified atom stereocenters. The van der Waals surface area contributed by atoms with Gasteiger partial charge in [-0.05, 0) is 151 Å². The molecule has 0 saturated heterocycles. The van der Waals surface area contributed by atoms with Crippen molar-refractivity contribution in [3.63, 3.8) is 0 Å². The number of rotatable bonds is 14. The Labute approximate surface area is 362 Å². The monoisotopic (exact) mass is 808 g/mol. The maximum atomic E-state index is 7.45. The van der Waals surface area contributed by atoms with Crippen LogP contribution in [0.15, 0.2) is 195 Å². The van der Waals surface area contributed by atoms with E-state index in [4.69, 9.17) is 22.5 Å². The molecular weight excluding hydrogens is 761 g/mol. The summed E-state index contributed by atoms with van der Waals surface area (Å²) in [5, 5.41) is 31.3. The topological polar surface area (TPSA) is 130 Å². The van der Waals surface area contributed by atoms with Gasteiger partial charge in [0.2, 0.25) is 0 Å². The lowest BCUT2D eigenvalue weighted by molar-refractivity contribution is 1.08. The molecule has 8 aromatic carbocycles. The Morgan fingerprint density at radius 1 is 0.435 bits per heavy atom. The van der Waals surface area contributed by atoms with Crippen molar-refractivity contribution in [1.82, 2.24) is 0 Å². The van der Waals surface area contributed by atoms with Gasteiger partial charge in [0.05, 0.1) is 11.4 Å². The molecule has 0 aliphatic rings. The largest absolute Gasteiger partial charge is 0.362 e. The molecule has 0 aliphatic carbocycles. The lowest BCUT2D eigenvalue weighted by Crippen LogP contribution is -2.23. The van der Waals surface area contributed by atoms with E-state index in [0.717, 1.165) is 99.6 Å². The van der Waals surface area contributed by atoms with Crippen molar-refractivity contribution in [2.45, 2.75) is 13.8 Å². The highest BCUT2D eigenvalue weighted by Gasteiger charge is 2.27. The average Bonchev–Trinajstić information content (AvgIpc) is 3.31. The van der Waals surface area contributed by atoms with Crippen LogP contribution in [0.4, 0.5) is 22.7 Å². The number of anilines is 4. The van der Waals surface area contributed by atoms with Crippen molar-refractivity contribution in [3.05, 3.63) is 195 Å². The molecule has 0 atom stereocenters. The third kappa shape index (κ3) is 7.99. The summed E-state index contributed by atoms with van der Waals surface area (Å²) < 4.78 is 0. The van der Waals surface area contributed by atoms with Gasteiger partial charge in [0.25, 0.3) is 0 Å². The lowest BCUT2D eigenvalue weighted by Gasteiger charge is -2.27. The molecule has 0 heterocycles. The Bertz CT molecular complexity index is 2810. The highest BCUT2D eigenvalue weighted by Crippen LogP contribution is 2.54. The van der Waals surface area contributed by atoms with Gasteiger partial charge < -0.3 is 21.5 Å². The van der Waals surface area contributed by atoms with E-state index in [1.54, 1.807) is 34.6 Å². The van der Waals surface area contributed by atoms with Crippen LogP contribution in [0.2, 0.25) is 0 Å². The minimum Gasteiger partial charge on any atom is -0.362 e. The average molecular weight is 809 g/mol. The van der Waals surface area contributed by atoms with Crippen LogP contribution in [0, 0.1) is 10.8 Å². The number of benzene rings is 8. The molecule has 0 saturated carbocycles. The summed E-state index contributed by atoms with van der Waals surface area (Å²) in [6, 6.07) is 51.3. The second-order valence-electron chi connectivity index (χ2n) is 14.7. The number of hydrogen-bond acceptors (Lipinski definition) is 8. The molecule has 8 rings (SSSR count). The van der Waals surface area contributed by atoms with E-state index in [0.29, 0.717) is 0 Å². The maximum absolute atomic E-state index is 7.45. The van der Waals surface area contributed by atoms with Crippen LogP contribution in [-0.4, -0.2) is 12.4 Å². The van der Waals surface area contributed by atoms with Crippen LogP contribution in [0.5, 0.6) is 0 Å². The molecule has 0 fully saturated rings. The molecule has 8 heteroatoms. The zero-order chi connectivity index (χ0) is 43.0. The Balaban J connectivity index is 1.65. The van der Waals surface area contributed by atoms with Crippen LogP contribution in [-0.2, 0) is 0 Å². The third-order valence-electron chi connectivity index (χ3n) is 10.9. The summed E-state index contributed by atoms with van der Waals surface area (Å²) in [7, 11) is 0. The Hall–Kier alpha value is -8.04. The normalized spacial score (nSPS) is 11.7. The molecule has 0 amide bonds. The minimum atomic E-state index is 0.853. The van der Waals surface area contributed by atoms with Crippen LogP contribution < -0.4 is 32.3 Å². The number of fused-ring (bicyclic) bond motifs is 3. The molecule has 0 spiro atoms. The van der Waals surface area contributed by atoms with E-state index in [2.05, 4.69) is 156 Å². The van der Waals surface area contributed by atoms with Crippen molar-refractivity contribution in [3.8, 4) is 44.5 Å². The van der Waals surface area contributed by atoms with Crippen molar-refractivity contribution in [2.75, 3.05) is 20.7 Å². The van der Waals surface area contributed by atoms with Gasteiger partial charge >= 0.3 is 0 Å². The summed E-state index contributed by atoms with van der Waals surface area (Å²) in [6.07, 6.45) is 16.9. The fourth-order valence-corrected chi connectivity index (χ4v) is 8.28. The van der Waals surface area contributed by atoms with Crippen LogP contribution in [0.1, 0.15) is 13.8 Å². The first kappa shape index (κ1) is 40.7. The first-order valence-electron chi connectivity index (χ1n) is 20.5. The van der Waals surface area contributed by atoms with E-state index in [1.165, 1.54) is 12.4 Å². The third-order valence-corrected chi connectivity index (χ3v) is 10.9. The van der Waals surface area contributed by atoms with Crippen molar-refractivity contribution in [2.24, 2.45) is 11.7 Å².